The minimum atomic E-state index is -3.82. The van der Waals surface area contributed by atoms with Gasteiger partial charge >= 0.3 is 0 Å². The Morgan fingerprint density at radius 2 is 1.55 bits per heavy atom. The van der Waals surface area contributed by atoms with Gasteiger partial charge in [-0.2, -0.15) is 0 Å². The van der Waals surface area contributed by atoms with Gasteiger partial charge in [0.25, 0.3) is 0 Å². The van der Waals surface area contributed by atoms with Gasteiger partial charge in [-0.15, -0.1) is 0 Å². The fraction of sp³-hybridized carbons (Fsp3) is 0.355. The van der Waals surface area contributed by atoms with Gasteiger partial charge in [0, 0.05) is 23.0 Å². The topological polar surface area (TPSA) is 86.8 Å². The van der Waals surface area contributed by atoms with Crippen LogP contribution < -0.4 is 9.62 Å². The van der Waals surface area contributed by atoms with Crippen LogP contribution in [0, 0.1) is 13.8 Å². The summed E-state index contributed by atoms with van der Waals surface area (Å²) in [5.74, 6) is -0.775. The third-order valence-electron chi connectivity index (χ3n) is 6.48. The van der Waals surface area contributed by atoms with Gasteiger partial charge in [-0.05, 0) is 75.1 Å². The largest absolute Gasteiger partial charge is 0.350 e. The van der Waals surface area contributed by atoms with Crippen LogP contribution in [0.4, 0.5) is 5.69 Å². The highest BCUT2D eigenvalue weighted by molar-refractivity contribution is 9.10. The van der Waals surface area contributed by atoms with Gasteiger partial charge in [0.15, 0.2) is 0 Å². The maximum atomic E-state index is 14.2. The highest BCUT2D eigenvalue weighted by Crippen LogP contribution is 2.26. The number of anilines is 1. The summed E-state index contributed by atoms with van der Waals surface area (Å²) in [4.78, 5) is 29.5. The van der Waals surface area contributed by atoms with Crippen LogP contribution in [0.5, 0.6) is 0 Å². The van der Waals surface area contributed by atoms with Gasteiger partial charge in [-0.1, -0.05) is 70.5 Å². The lowest BCUT2D eigenvalue weighted by Crippen LogP contribution is -2.56. The standard InChI is InChI=1S/C31H38BrN3O4S/c1-22-12-10-11-15-25(22)20-34(28(30(37)33-31(3,4)5)19-24-13-8-7-9-14-24)29(36)21-35(40(6,38)39)26-16-17-27(32)23(2)18-26/h7-18,28H,19-21H2,1-6H3,(H,33,37). The molecular weight excluding hydrogens is 590 g/mol. The minimum Gasteiger partial charge on any atom is -0.350 e. The Morgan fingerprint density at radius 3 is 2.12 bits per heavy atom. The van der Waals surface area contributed by atoms with E-state index in [2.05, 4.69) is 21.2 Å². The van der Waals surface area contributed by atoms with Gasteiger partial charge in [0.2, 0.25) is 21.8 Å². The summed E-state index contributed by atoms with van der Waals surface area (Å²) in [7, 11) is -3.82. The molecule has 0 heterocycles. The zero-order valence-electron chi connectivity index (χ0n) is 23.9. The molecule has 40 heavy (non-hydrogen) atoms. The Kier molecular flexibility index (Phi) is 10.2. The first-order chi connectivity index (χ1) is 18.7. The third-order valence-corrected chi connectivity index (χ3v) is 8.51. The summed E-state index contributed by atoms with van der Waals surface area (Å²) in [5.41, 5.74) is 3.42. The molecular formula is C31H38BrN3O4S. The molecule has 0 aromatic heterocycles. The van der Waals surface area contributed by atoms with Crippen molar-refractivity contribution in [2.75, 3.05) is 17.1 Å². The zero-order chi connectivity index (χ0) is 29.7. The van der Waals surface area contributed by atoms with E-state index in [9.17, 15) is 18.0 Å². The number of amides is 2. The van der Waals surface area contributed by atoms with Crippen LogP contribution in [0.2, 0.25) is 0 Å². The summed E-state index contributed by atoms with van der Waals surface area (Å²) in [5, 5.41) is 3.03. The molecule has 0 saturated carbocycles. The molecule has 3 rings (SSSR count). The van der Waals surface area contributed by atoms with Crippen molar-refractivity contribution < 1.29 is 18.0 Å². The molecule has 3 aromatic carbocycles. The Labute approximate surface area is 246 Å². The first-order valence-corrected chi connectivity index (χ1v) is 15.7. The van der Waals surface area contributed by atoms with Gasteiger partial charge in [0.1, 0.15) is 12.6 Å². The molecule has 1 atom stereocenters. The number of benzene rings is 3. The summed E-state index contributed by atoms with van der Waals surface area (Å²) in [6, 6.07) is 21.5. The maximum Gasteiger partial charge on any atom is 0.244 e. The SMILES string of the molecule is Cc1cc(N(CC(=O)N(Cc2ccccc2C)C(Cc2ccccc2)C(=O)NC(C)(C)C)S(C)(=O)=O)ccc1Br. The molecule has 0 radical (unpaired) electrons. The second kappa shape index (κ2) is 13.0. The average Bonchev–Trinajstić information content (AvgIpc) is 2.86. The molecule has 1 unspecified atom stereocenters. The van der Waals surface area contributed by atoms with Gasteiger partial charge in [-0.25, -0.2) is 8.42 Å². The number of carbonyl (C=O) groups is 2. The molecule has 0 fully saturated rings. The number of hydrogen-bond acceptors (Lipinski definition) is 4. The fourth-order valence-corrected chi connectivity index (χ4v) is 5.46. The second-order valence-corrected chi connectivity index (χ2v) is 13.9. The molecule has 1 N–H and O–H groups in total. The van der Waals surface area contributed by atoms with E-state index in [1.165, 1.54) is 4.90 Å². The lowest BCUT2D eigenvalue weighted by Gasteiger charge is -2.35. The summed E-state index contributed by atoms with van der Waals surface area (Å²) in [6.07, 6.45) is 1.35. The molecule has 214 valence electrons. The highest BCUT2D eigenvalue weighted by atomic mass is 79.9. The van der Waals surface area contributed by atoms with Crippen LogP contribution in [0.3, 0.4) is 0 Å². The van der Waals surface area contributed by atoms with Crippen molar-refractivity contribution in [1.29, 1.82) is 0 Å². The van der Waals surface area contributed by atoms with Crippen LogP contribution in [-0.2, 0) is 32.6 Å². The van der Waals surface area contributed by atoms with E-state index < -0.39 is 34.1 Å². The number of halogens is 1. The van der Waals surface area contributed by atoms with E-state index in [0.717, 1.165) is 37.3 Å². The summed E-state index contributed by atoms with van der Waals surface area (Å²) < 4.78 is 27.8. The maximum absolute atomic E-state index is 14.2. The van der Waals surface area contributed by atoms with Crippen LogP contribution >= 0.6 is 15.9 Å². The van der Waals surface area contributed by atoms with Crippen LogP contribution in [0.1, 0.15) is 43.0 Å². The lowest BCUT2D eigenvalue weighted by molar-refractivity contribution is -0.140. The Balaban J connectivity index is 2.10. The van der Waals surface area contributed by atoms with E-state index in [1.54, 1.807) is 18.2 Å². The van der Waals surface area contributed by atoms with E-state index >= 15 is 0 Å². The lowest BCUT2D eigenvalue weighted by atomic mass is 10.00. The average molecular weight is 629 g/mol. The molecule has 0 bridgehead atoms. The first-order valence-electron chi connectivity index (χ1n) is 13.1. The quantitative estimate of drug-likeness (QED) is 0.327. The monoisotopic (exact) mass is 627 g/mol. The van der Waals surface area contributed by atoms with E-state index in [0.29, 0.717) is 5.69 Å². The molecule has 3 aromatic rings. The van der Waals surface area contributed by atoms with Crippen LogP contribution in [0.25, 0.3) is 0 Å². The fourth-order valence-electron chi connectivity index (χ4n) is 4.38. The number of sulfonamides is 1. The van der Waals surface area contributed by atoms with Gasteiger partial charge in [0.05, 0.1) is 11.9 Å². The first kappa shape index (κ1) is 31.4. The zero-order valence-corrected chi connectivity index (χ0v) is 26.3. The van der Waals surface area contributed by atoms with Crippen molar-refractivity contribution in [2.45, 2.75) is 59.2 Å². The predicted molar refractivity (Wildman–Crippen MR) is 165 cm³/mol. The summed E-state index contributed by atoms with van der Waals surface area (Å²) in [6.45, 7) is 9.18. The summed E-state index contributed by atoms with van der Waals surface area (Å²) >= 11 is 3.45. The molecule has 9 heteroatoms. The van der Waals surface area contributed by atoms with Crippen molar-refractivity contribution in [2.24, 2.45) is 0 Å². The van der Waals surface area contributed by atoms with Crippen LogP contribution in [-0.4, -0.2) is 49.5 Å². The second-order valence-electron chi connectivity index (χ2n) is 11.1. The van der Waals surface area contributed by atoms with Crippen molar-refractivity contribution >= 4 is 43.5 Å². The molecule has 0 saturated heterocycles. The predicted octanol–water partition coefficient (Wildman–Crippen LogP) is 5.39. The third kappa shape index (κ3) is 8.66. The number of nitrogens with one attached hydrogen (secondary N) is 1. The van der Waals surface area contributed by atoms with E-state index in [-0.39, 0.29) is 18.9 Å². The van der Waals surface area contributed by atoms with E-state index in [1.807, 2.05) is 89.2 Å². The minimum absolute atomic E-state index is 0.150. The van der Waals surface area contributed by atoms with Gasteiger partial charge in [-0.3, -0.25) is 13.9 Å². The van der Waals surface area contributed by atoms with Crippen molar-refractivity contribution in [1.82, 2.24) is 10.2 Å². The Bertz CT molecular complexity index is 1450. The molecule has 0 aliphatic rings. The number of carbonyl (C=O) groups excluding carboxylic acids is 2. The number of rotatable bonds is 10. The van der Waals surface area contributed by atoms with Crippen LogP contribution in [0.15, 0.2) is 77.3 Å². The highest BCUT2D eigenvalue weighted by Gasteiger charge is 2.34. The van der Waals surface area contributed by atoms with Crippen molar-refractivity contribution in [3.05, 3.63) is 99.5 Å². The molecule has 0 aliphatic carbocycles. The molecule has 0 aliphatic heterocycles. The number of hydrogen-bond donors (Lipinski definition) is 1. The van der Waals surface area contributed by atoms with Crippen molar-refractivity contribution in [3.63, 3.8) is 0 Å². The smallest absolute Gasteiger partial charge is 0.244 e. The van der Waals surface area contributed by atoms with Gasteiger partial charge < -0.3 is 10.2 Å². The number of aryl methyl sites for hydroxylation is 2. The Hall–Kier alpha value is -3.17. The molecule has 7 nitrogen and oxygen atoms in total. The van der Waals surface area contributed by atoms with Crippen molar-refractivity contribution in [3.8, 4) is 0 Å². The van der Waals surface area contributed by atoms with E-state index in [4.69, 9.17) is 0 Å². The number of nitrogens with zero attached hydrogens (tertiary/aromatic N) is 2. The molecule has 0 spiro atoms. The Morgan fingerprint density at radius 1 is 0.925 bits per heavy atom. The molecule has 2 amide bonds. The normalized spacial score (nSPS) is 12.5.